The highest BCUT2D eigenvalue weighted by atomic mass is 16.5. The number of para-hydroxylation sites is 1. The quantitative estimate of drug-likeness (QED) is 0.773. The van der Waals surface area contributed by atoms with E-state index in [1.807, 2.05) is 18.2 Å². The number of carbonyl (C=O) groups excluding carboxylic acids is 2. The van der Waals surface area contributed by atoms with Crippen LogP contribution in [0.5, 0.6) is 5.75 Å². The van der Waals surface area contributed by atoms with Gasteiger partial charge in [0, 0.05) is 13.5 Å². The van der Waals surface area contributed by atoms with Crippen LogP contribution in [-0.4, -0.2) is 41.9 Å². The molecule has 5 nitrogen and oxygen atoms in total. The van der Waals surface area contributed by atoms with Crippen LogP contribution < -0.4 is 10.1 Å². The number of rotatable bonds is 0. The third-order valence-corrected chi connectivity index (χ3v) is 4.01. The Bertz CT molecular complexity index is 558. The molecule has 1 fully saturated rings. The normalized spacial score (nSPS) is 25.4. The predicted octanol–water partition coefficient (Wildman–Crippen LogP) is 1.19. The molecule has 3 rings (SSSR count). The fourth-order valence-electron chi connectivity index (χ4n) is 2.94. The number of hydrogen-bond donors (Lipinski definition) is 1. The summed E-state index contributed by atoms with van der Waals surface area (Å²) < 4.78 is 6.16. The van der Waals surface area contributed by atoms with Gasteiger partial charge in [-0.05, 0) is 25.0 Å². The molecule has 1 N–H and O–H groups in total. The van der Waals surface area contributed by atoms with Crippen molar-refractivity contribution in [1.29, 1.82) is 0 Å². The van der Waals surface area contributed by atoms with Crippen LogP contribution in [0, 0.1) is 0 Å². The third kappa shape index (κ3) is 2.24. The Labute approximate surface area is 117 Å². The number of piperidine rings is 1. The monoisotopic (exact) mass is 274 g/mol. The van der Waals surface area contributed by atoms with E-state index >= 15 is 0 Å². The van der Waals surface area contributed by atoms with E-state index in [9.17, 15) is 9.59 Å². The van der Waals surface area contributed by atoms with Gasteiger partial charge in [0.05, 0.1) is 18.7 Å². The molecule has 20 heavy (non-hydrogen) atoms. The number of fused-ring (bicyclic) bond motifs is 1. The van der Waals surface area contributed by atoms with Crippen molar-refractivity contribution >= 4 is 11.8 Å². The van der Waals surface area contributed by atoms with Crippen molar-refractivity contribution in [2.45, 2.75) is 25.4 Å². The Hall–Kier alpha value is -2.04. The number of benzene rings is 1. The Morgan fingerprint density at radius 2 is 2.20 bits per heavy atom. The van der Waals surface area contributed by atoms with Gasteiger partial charge >= 0.3 is 0 Å². The van der Waals surface area contributed by atoms with Crippen LogP contribution in [0.3, 0.4) is 0 Å². The topological polar surface area (TPSA) is 58.6 Å². The molecular formula is C15H18N2O3. The summed E-state index contributed by atoms with van der Waals surface area (Å²) >= 11 is 0. The number of nitrogens with zero attached hydrogens (tertiary/aromatic N) is 1. The molecule has 106 valence electrons. The Morgan fingerprint density at radius 3 is 3.00 bits per heavy atom. The lowest BCUT2D eigenvalue weighted by molar-refractivity contribution is -0.134. The van der Waals surface area contributed by atoms with E-state index in [1.165, 1.54) is 0 Å². The van der Waals surface area contributed by atoms with Gasteiger partial charge in [0.1, 0.15) is 11.4 Å². The lowest BCUT2D eigenvalue weighted by Gasteiger charge is -2.41. The van der Waals surface area contributed by atoms with Crippen molar-refractivity contribution in [2.24, 2.45) is 0 Å². The Balaban J connectivity index is 1.92. The number of hydrogen-bond acceptors (Lipinski definition) is 3. The van der Waals surface area contributed by atoms with E-state index in [1.54, 1.807) is 17.9 Å². The first-order valence-corrected chi connectivity index (χ1v) is 6.91. The van der Waals surface area contributed by atoms with Crippen LogP contribution in [-0.2, 0) is 4.79 Å². The Morgan fingerprint density at radius 1 is 1.40 bits per heavy atom. The largest absolute Gasteiger partial charge is 0.483 e. The lowest BCUT2D eigenvalue weighted by Crippen LogP contribution is -2.57. The zero-order chi connectivity index (χ0) is 14.2. The van der Waals surface area contributed by atoms with Gasteiger partial charge in [0.2, 0.25) is 5.91 Å². The highest BCUT2D eigenvalue weighted by Crippen LogP contribution is 2.31. The second kappa shape index (κ2) is 4.81. The first kappa shape index (κ1) is 13.0. The van der Waals surface area contributed by atoms with E-state index in [0.717, 1.165) is 19.4 Å². The molecule has 1 aromatic rings. The van der Waals surface area contributed by atoms with E-state index in [-0.39, 0.29) is 11.8 Å². The van der Waals surface area contributed by atoms with Crippen molar-refractivity contribution in [2.75, 3.05) is 19.6 Å². The van der Waals surface area contributed by atoms with E-state index in [4.69, 9.17) is 4.74 Å². The first-order valence-electron chi connectivity index (χ1n) is 6.91. The fraction of sp³-hybridized carbons (Fsp3) is 0.467. The molecule has 1 atom stereocenters. The van der Waals surface area contributed by atoms with Crippen molar-refractivity contribution in [1.82, 2.24) is 10.2 Å². The standard InChI is InChI=1S/C15H18N2O3/c1-11(18)17-8-4-7-15(10-17)9-16-14(19)12-5-2-3-6-13(12)20-15/h2-3,5-6H,4,7-10H2,1H3,(H,16,19)/t15-/m1/s1. The molecule has 0 radical (unpaired) electrons. The van der Waals surface area contributed by atoms with Crippen molar-refractivity contribution in [3.05, 3.63) is 29.8 Å². The molecule has 0 aromatic heterocycles. The van der Waals surface area contributed by atoms with Crippen LogP contribution in [0.25, 0.3) is 0 Å². The van der Waals surface area contributed by atoms with Gasteiger partial charge in [-0.1, -0.05) is 12.1 Å². The molecule has 0 bridgehead atoms. The third-order valence-electron chi connectivity index (χ3n) is 4.01. The minimum Gasteiger partial charge on any atom is -0.483 e. The Kier molecular flexibility index (Phi) is 3.12. The SMILES string of the molecule is CC(=O)N1CCC[C@@]2(CNC(=O)c3ccccc3O2)C1. The molecule has 0 aliphatic carbocycles. The molecule has 2 amide bonds. The molecular weight excluding hydrogens is 256 g/mol. The number of likely N-dealkylation sites (tertiary alicyclic amines) is 1. The summed E-state index contributed by atoms with van der Waals surface area (Å²) in [5, 5.41) is 2.92. The van der Waals surface area contributed by atoms with Crippen molar-refractivity contribution in [3.63, 3.8) is 0 Å². The average molecular weight is 274 g/mol. The lowest BCUT2D eigenvalue weighted by atomic mass is 9.92. The zero-order valence-corrected chi connectivity index (χ0v) is 11.5. The van der Waals surface area contributed by atoms with Crippen molar-refractivity contribution in [3.8, 4) is 5.75 Å². The van der Waals surface area contributed by atoms with Gasteiger partial charge in [-0.2, -0.15) is 0 Å². The van der Waals surface area contributed by atoms with Gasteiger partial charge in [0.25, 0.3) is 5.91 Å². The average Bonchev–Trinajstić information content (AvgIpc) is 2.57. The van der Waals surface area contributed by atoms with Crippen molar-refractivity contribution < 1.29 is 14.3 Å². The fourth-order valence-corrected chi connectivity index (χ4v) is 2.94. The molecule has 2 aliphatic heterocycles. The molecule has 0 saturated carbocycles. The van der Waals surface area contributed by atoms with Gasteiger partial charge < -0.3 is 15.0 Å². The van der Waals surface area contributed by atoms with Crippen LogP contribution in [0.2, 0.25) is 0 Å². The summed E-state index contributed by atoms with van der Waals surface area (Å²) in [6.45, 7) is 3.29. The number of ether oxygens (including phenoxy) is 1. The van der Waals surface area contributed by atoms with Gasteiger partial charge in [-0.15, -0.1) is 0 Å². The second-order valence-electron chi connectivity index (χ2n) is 5.51. The number of nitrogens with one attached hydrogen (secondary N) is 1. The molecule has 2 heterocycles. The molecule has 1 spiro atoms. The summed E-state index contributed by atoms with van der Waals surface area (Å²) in [6, 6.07) is 7.25. The second-order valence-corrected chi connectivity index (χ2v) is 5.51. The molecule has 2 aliphatic rings. The number of amides is 2. The van der Waals surface area contributed by atoms with Crippen LogP contribution in [0.4, 0.5) is 0 Å². The minimum absolute atomic E-state index is 0.0523. The summed E-state index contributed by atoms with van der Waals surface area (Å²) in [5.74, 6) is 0.543. The summed E-state index contributed by atoms with van der Waals surface area (Å²) in [7, 11) is 0. The summed E-state index contributed by atoms with van der Waals surface area (Å²) in [6.07, 6.45) is 1.73. The smallest absolute Gasteiger partial charge is 0.255 e. The van der Waals surface area contributed by atoms with Crippen LogP contribution in [0.1, 0.15) is 30.1 Å². The summed E-state index contributed by atoms with van der Waals surface area (Å²) in [5.41, 5.74) is 0.0518. The first-order chi connectivity index (χ1) is 9.60. The minimum atomic E-state index is -0.508. The van der Waals surface area contributed by atoms with Gasteiger partial charge in [0.15, 0.2) is 0 Å². The summed E-state index contributed by atoms with van der Waals surface area (Å²) in [4.78, 5) is 25.5. The molecule has 0 unspecified atom stereocenters. The van der Waals surface area contributed by atoms with Crippen LogP contribution >= 0.6 is 0 Å². The zero-order valence-electron chi connectivity index (χ0n) is 11.5. The van der Waals surface area contributed by atoms with Gasteiger partial charge in [-0.25, -0.2) is 0 Å². The molecule has 1 saturated heterocycles. The maximum absolute atomic E-state index is 12.1. The van der Waals surface area contributed by atoms with E-state index < -0.39 is 5.60 Å². The van der Waals surface area contributed by atoms with E-state index in [0.29, 0.717) is 24.4 Å². The highest BCUT2D eigenvalue weighted by molar-refractivity contribution is 5.97. The maximum atomic E-state index is 12.1. The number of carbonyl (C=O) groups is 2. The van der Waals surface area contributed by atoms with Crippen LogP contribution in [0.15, 0.2) is 24.3 Å². The predicted molar refractivity (Wildman–Crippen MR) is 73.6 cm³/mol. The van der Waals surface area contributed by atoms with E-state index in [2.05, 4.69) is 5.32 Å². The highest BCUT2D eigenvalue weighted by Gasteiger charge is 2.41. The molecule has 5 heteroatoms. The van der Waals surface area contributed by atoms with Gasteiger partial charge in [-0.3, -0.25) is 9.59 Å². The molecule has 1 aromatic carbocycles. The maximum Gasteiger partial charge on any atom is 0.255 e.